The first-order valence-corrected chi connectivity index (χ1v) is 7.97. The molecule has 1 aromatic heterocycles. The Kier molecular flexibility index (Phi) is 5.02. The van der Waals surface area contributed by atoms with Crippen LogP contribution in [0.2, 0.25) is 5.02 Å². The van der Waals surface area contributed by atoms with Crippen molar-refractivity contribution < 1.29 is 0 Å². The van der Waals surface area contributed by atoms with Gasteiger partial charge in [-0.15, -0.1) is 11.3 Å². The summed E-state index contributed by atoms with van der Waals surface area (Å²) in [6.45, 7) is 4.28. The highest BCUT2D eigenvalue weighted by Crippen LogP contribution is 2.23. The van der Waals surface area contributed by atoms with Crippen LogP contribution in [0, 0.1) is 6.92 Å². The zero-order chi connectivity index (χ0) is 14.7. The van der Waals surface area contributed by atoms with Crippen LogP contribution in [-0.4, -0.2) is 11.0 Å². The van der Waals surface area contributed by atoms with E-state index in [4.69, 9.17) is 29.6 Å². The van der Waals surface area contributed by atoms with Crippen molar-refractivity contribution in [3.63, 3.8) is 0 Å². The molecule has 0 aliphatic heterocycles. The van der Waals surface area contributed by atoms with Crippen molar-refractivity contribution in [1.29, 1.82) is 0 Å². The van der Waals surface area contributed by atoms with E-state index in [1.165, 1.54) is 9.75 Å². The fourth-order valence-corrected chi connectivity index (χ4v) is 3.57. The van der Waals surface area contributed by atoms with Gasteiger partial charge < -0.3 is 11.1 Å². The van der Waals surface area contributed by atoms with Crippen LogP contribution in [0.5, 0.6) is 0 Å². The Morgan fingerprint density at radius 1 is 1.40 bits per heavy atom. The van der Waals surface area contributed by atoms with Crippen LogP contribution in [0.15, 0.2) is 30.3 Å². The Hall–Kier alpha value is -1.10. The summed E-state index contributed by atoms with van der Waals surface area (Å²) in [7, 11) is 0. The van der Waals surface area contributed by atoms with Crippen molar-refractivity contribution in [1.82, 2.24) is 0 Å². The van der Waals surface area contributed by atoms with Crippen LogP contribution in [-0.2, 0) is 6.42 Å². The van der Waals surface area contributed by atoms with Gasteiger partial charge in [-0.3, -0.25) is 0 Å². The topological polar surface area (TPSA) is 38.0 Å². The molecule has 2 nitrogen and oxygen atoms in total. The number of nitrogens with two attached hydrogens (primary N) is 1. The van der Waals surface area contributed by atoms with Crippen molar-refractivity contribution in [3.8, 4) is 0 Å². The number of hydrogen-bond donors (Lipinski definition) is 2. The third-order valence-electron chi connectivity index (χ3n) is 2.95. The second kappa shape index (κ2) is 6.57. The summed E-state index contributed by atoms with van der Waals surface area (Å²) in [5.74, 6) is 0. The standard InChI is InChI=1S/C15H17ClN2S2/c1-9(7-12-5-3-10(2)20-12)18-11-4-6-13(15(17)19)14(16)8-11/h3-6,8-9,18H,7H2,1-2H3,(H2,17,19). The molecule has 1 aromatic carbocycles. The number of thiocarbonyl (C=S) groups is 1. The molecule has 0 radical (unpaired) electrons. The van der Waals surface area contributed by atoms with Crippen molar-refractivity contribution in [2.24, 2.45) is 5.73 Å². The van der Waals surface area contributed by atoms with Crippen molar-refractivity contribution >= 4 is 45.8 Å². The van der Waals surface area contributed by atoms with Gasteiger partial charge in [-0.25, -0.2) is 0 Å². The highest BCUT2D eigenvalue weighted by molar-refractivity contribution is 7.80. The summed E-state index contributed by atoms with van der Waals surface area (Å²) in [4.78, 5) is 3.05. The molecule has 0 fully saturated rings. The fraction of sp³-hybridized carbons (Fsp3) is 0.267. The van der Waals surface area contributed by atoms with E-state index in [2.05, 4.69) is 31.3 Å². The maximum Gasteiger partial charge on any atom is 0.105 e. The van der Waals surface area contributed by atoms with Gasteiger partial charge in [0.1, 0.15) is 4.99 Å². The maximum atomic E-state index is 6.17. The number of benzene rings is 1. The smallest absolute Gasteiger partial charge is 0.105 e. The van der Waals surface area contributed by atoms with Gasteiger partial charge in [-0.1, -0.05) is 23.8 Å². The normalized spacial score (nSPS) is 12.2. The minimum absolute atomic E-state index is 0.323. The monoisotopic (exact) mass is 324 g/mol. The third-order valence-corrected chi connectivity index (χ3v) is 4.51. The predicted octanol–water partition coefficient (Wildman–Crippen LogP) is 4.39. The van der Waals surface area contributed by atoms with E-state index in [-0.39, 0.29) is 0 Å². The number of aryl methyl sites for hydroxylation is 1. The molecule has 0 aliphatic carbocycles. The van der Waals surface area contributed by atoms with Gasteiger partial charge in [0.25, 0.3) is 0 Å². The molecule has 0 spiro atoms. The quantitative estimate of drug-likeness (QED) is 0.801. The second-order valence-corrected chi connectivity index (χ2v) is 7.04. The lowest BCUT2D eigenvalue weighted by atomic mass is 10.1. The lowest BCUT2D eigenvalue weighted by Gasteiger charge is -2.15. The molecule has 0 saturated heterocycles. The van der Waals surface area contributed by atoms with Crippen LogP contribution in [0.25, 0.3) is 0 Å². The van der Waals surface area contributed by atoms with E-state index in [1.807, 2.05) is 29.5 Å². The largest absolute Gasteiger partial charge is 0.389 e. The molecule has 106 valence electrons. The molecule has 2 aromatic rings. The van der Waals surface area contributed by atoms with E-state index in [9.17, 15) is 0 Å². The molecular formula is C15H17ClN2S2. The summed E-state index contributed by atoms with van der Waals surface area (Å²) in [6.07, 6.45) is 0.993. The van der Waals surface area contributed by atoms with Crippen LogP contribution in [0.1, 0.15) is 22.2 Å². The molecule has 3 N–H and O–H groups in total. The van der Waals surface area contributed by atoms with E-state index in [0.717, 1.165) is 12.1 Å². The van der Waals surface area contributed by atoms with Gasteiger partial charge in [-0.05, 0) is 44.2 Å². The van der Waals surface area contributed by atoms with Gasteiger partial charge in [0, 0.05) is 33.5 Å². The molecular weight excluding hydrogens is 308 g/mol. The first-order chi connectivity index (χ1) is 9.45. The zero-order valence-electron chi connectivity index (χ0n) is 11.4. The summed E-state index contributed by atoms with van der Waals surface area (Å²) < 4.78 is 0. The summed E-state index contributed by atoms with van der Waals surface area (Å²) in [6, 6.07) is 10.3. The average Bonchev–Trinajstić information content (AvgIpc) is 2.74. The van der Waals surface area contributed by atoms with Crippen molar-refractivity contribution in [2.75, 3.05) is 5.32 Å². The summed E-state index contributed by atoms with van der Waals surface area (Å²) in [5.41, 5.74) is 7.30. The maximum absolute atomic E-state index is 6.17. The predicted molar refractivity (Wildman–Crippen MR) is 93.2 cm³/mol. The van der Waals surface area contributed by atoms with Gasteiger partial charge >= 0.3 is 0 Å². The summed E-state index contributed by atoms with van der Waals surface area (Å²) >= 11 is 12.9. The number of nitrogens with one attached hydrogen (secondary N) is 1. The van der Waals surface area contributed by atoms with Gasteiger partial charge in [0.15, 0.2) is 0 Å². The number of halogens is 1. The van der Waals surface area contributed by atoms with Gasteiger partial charge in [0.05, 0.1) is 5.02 Å². The molecule has 0 amide bonds. The average molecular weight is 325 g/mol. The summed E-state index contributed by atoms with van der Waals surface area (Å²) in [5, 5.41) is 4.03. The Morgan fingerprint density at radius 3 is 2.70 bits per heavy atom. The fourth-order valence-electron chi connectivity index (χ4n) is 2.04. The number of hydrogen-bond acceptors (Lipinski definition) is 3. The molecule has 1 unspecified atom stereocenters. The van der Waals surface area contributed by atoms with E-state index in [0.29, 0.717) is 21.6 Å². The van der Waals surface area contributed by atoms with E-state index >= 15 is 0 Å². The zero-order valence-corrected chi connectivity index (χ0v) is 13.8. The molecule has 0 aliphatic rings. The lowest BCUT2D eigenvalue weighted by molar-refractivity contribution is 0.800. The highest BCUT2D eigenvalue weighted by atomic mass is 35.5. The minimum Gasteiger partial charge on any atom is -0.389 e. The van der Waals surface area contributed by atoms with Crippen LogP contribution < -0.4 is 11.1 Å². The van der Waals surface area contributed by atoms with Crippen LogP contribution >= 0.6 is 35.2 Å². The van der Waals surface area contributed by atoms with Crippen molar-refractivity contribution in [2.45, 2.75) is 26.3 Å². The Balaban J connectivity index is 2.02. The molecule has 0 bridgehead atoms. The highest BCUT2D eigenvalue weighted by Gasteiger charge is 2.08. The minimum atomic E-state index is 0.323. The molecule has 2 rings (SSSR count). The Bertz CT molecular complexity index is 622. The number of anilines is 1. The molecule has 5 heteroatoms. The van der Waals surface area contributed by atoms with E-state index < -0.39 is 0 Å². The lowest BCUT2D eigenvalue weighted by Crippen LogP contribution is -2.18. The van der Waals surface area contributed by atoms with Gasteiger partial charge in [-0.2, -0.15) is 0 Å². The Morgan fingerprint density at radius 2 is 2.15 bits per heavy atom. The van der Waals surface area contributed by atoms with E-state index in [1.54, 1.807) is 0 Å². The van der Waals surface area contributed by atoms with Gasteiger partial charge in [0.2, 0.25) is 0 Å². The SMILES string of the molecule is Cc1ccc(CC(C)Nc2ccc(C(N)=S)c(Cl)c2)s1. The molecule has 1 heterocycles. The van der Waals surface area contributed by atoms with Crippen LogP contribution in [0.4, 0.5) is 5.69 Å². The molecule has 0 saturated carbocycles. The van der Waals surface area contributed by atoms with Crippen molar-refractivity contribution in [3.05, 3.63) is 50.7 Å². The number of rotatable bonds is 5. The molecule has 20 heavy (non-hydrogen) atoms. The Labute approximate surface area is 134 Å². The van der Waals surface area contributed by atoms with Crippen LogP contribution in [0.3, 0.4) is 0 Å². The number of thiophene rings is 1. The first-order valence-electron chi connectivity index (χ1n) is 6.37. The molecule has 1 atom stereocenters. The first kappa shape index (κ1) is 15.3. The third kappa shape index (κ3) is 3.95. The second-order valence-electron chi connectivity index (χ2n) is 4.82.